The maximum atomic E-state index is 5.24. The van der Waals surface area contributed by atoms with Crippen LogP contribution < -0.4 is 0 Å². The predicted octanol–water partition coefficient (Wildman–Crippen LogP) is 1.06. The van der Waals surface area contributed by atoms with E-state index in [9.17, 15) is 0 Å². The molecule has 0 aliphatic carbocycles. The summed E-state index contributed by atoms with van der Waals surface area (Å²) in [6, 6.07) is 0. The lowest BCUT2D eigenvalue weighted by atomic mass is 10.1. The first kappa shape index (κ1) is 7.03. The maximum absolute atomic E-state index is 5.24. The fourth-order valence-electron chi connectivity index (χ4n) is 0.999. The van der Waals surface area contributed by atoms with Gasteiger partial charge in [-0.3, -0.25) is 0 Å². The Bertz CT molecular complexity index is 67.3. The minimum atomic E-state index is 0.671. The molecule has 0 saturated carbocycles. The first-order chi connectivity index (χ1) is 4.43. The van der Waals surface area contributed by atoms with Gasteiger partial charge in [-0.05, 0) is 13.3 Å². The molecule has 2 heteroatoms. The van der Waals surface area contributed by atoms with E-state index < -0.39 is 0 Å². The van der Waals surface area contributed by atoms with Crippen LogP contribution in [0.2, 0.25) is 0 Å². The van der Waals surface area contributed by atoms with Crippen LogP contribution in [0.4, 0.5) is 0 Å². The standard InChI is InChI=1S/C7H14O2/c1-2-8-5-7-3-4-9-6-7/h7H,2-6H2,1H3/t7-/m0/s1. The molecule has 54 valence electrons. The fraction of sp³-hybridized carbons (Fsp3) is 1.00. The van der Waals surface area contributed by atoms with Gasteiger partial charge in [0, 0.05) is 19.1 Å². The Morgan fingerprint density at radius 1 is 1.67 bits per heavy atom. The highest BCUT2D eigenvalue weighted by Gasteiger charge is 2.14. The molecular formula is C7H14O2. The van der Waals surface area contributed by atoms with Crippen molar-refractivity contribution in [2.75, 3.05) is 26.4 Å². The van der Waals surface area contributed by atoms with Crippen molar-refractivity contribution < 1.29 is 9.47 Å². The Hall–Kier alpha value is -0.0800. The van der Waals surface area contributed by atoms with E-state index >= 15 is 0 Å². The Balaban J connectivity index is 1.98. The molecule has 0 bridgehead atoms. The molecule has 1 saturated heterocycles. The summed E-state index contributed by atoms with van der Waals surface area (Å²) in [5, 5.41) is 0. The zero-order valence-electron chi connectivity index (χ0n) is 5.93. The first-order valence-electron chi connectivity index (χ1n) is 3.59. The molecule has 1 fully saturated rings. The van der Waals surface area contributed by atoms with Crippen LogP contribution in [0.25, 0.3) is 0 Å². The third-order valence-corrected chi connectivity index (χ3v) is 1.58. The van der Waals surface area contributed by atoms with Gasteiger partial charge in [-0.1, -0.05) is 0 Å². The van der Waals surface area contributed by atoms with Crippen LogP contribution in [-0.2, 0) is 9.47 Å². The van der Waals surface area contributed by atoms with Crippen LogP contribution in [0.15, 0.2) is 0 Å². The van der Waals surface area contributed by atoms with Crippen LogP contribution in [0, 0.1) is 5.92 Å². The van der Waals surface area contributed by atoms with Crippen molar-refractivity contribution in [3.8, 4) is 0 Å². The molecule has 1 atom stereocenters. The van der Waals surface area contributed by atoms with Crippen molar-refractivity contribution >= 4 is 0 Å². The molecular weight excluding hydrogens is 116 g/mol. The van der Waals surface area contributed by atoms with Gasteiger partial charge in [-0.2, -0.15) is 0 Å². The molecule has 0 spiro atoms. The van der Waals surface area contributed by atoms with E-state index in [2.05, 4.69) is 0 Å². The maximum Gasteiger partial charge on any atom is 0.0517 e. The molecule has 1 aliphatic rings. The number of hydrogen-bond acceptors (Lipinski definition) is 2. The summed E-state index contributed by atoms with van der Waals surface area (Å²) in [5.41, 5.74) is 0. The summed E-state index contributed by atoms with van der Waals surface area (Å²) in [6.45, 7) is 5.57. The average molecular weight is 130 g/mol. The monoisotopic (exact) mass is 130 g/mol. The minimum absolute atomic E-state index is 0.671. The molecule has 1 aliphatic heterocycles. The van der Waals surface area contributed by atoms with Crippen LogP contribution in [-0.4, -0.2) is 26.4 Å². The van der Waals surface area contributed by atoms with E-state index in [0.717, 1.165) is 26.4 Å². The number of ether oxygens (including phenoxy) is 2. The van der Waals surface area contributed by atoms with E-state index in [1.165, 1.54) is 6.42 Å². The summed E-state index contributed by atoms with van der Waals surface area (Å²) >= 11 is 0. The molecule has 0 aromatic heterocycles. The van der Waals surface area contributed by atoms with Crippen LogP contribution in [0.1, 0.15) is 13.3 Å². The second-order valence-corrected chi connectivity index (χ2v) is 2.39. The summed E-state index contributed by atoms with van der Waals surface area (Å²) < 4.78 is 10.4. The highest BCUT2D eigenvalue weighted by atomic mass is 16.5. The van der Waals surface area contributed by atoms with E-state index in [4.69, 9.17) is 9.47 Å². The van der Waals surface area contributed by atoms with Gasteiger partial charge in [0.15, 0.2) is 0 Å². The highest BCUT2D eigenvalue weighted by molar-refractivity contribution is 4.62. The van der Waals surface area contributed by atoms with Crippen molar-refractivity contribution in [2.45, 2.75) is 13.3 Å². The van der Waals surface area contributed by atoms with Gasteiger partial charge in [0.1, 0.15) is 0 Å². The summed E-state index contributed by atoms with van der Waals surface area (Å²) in [5.74, 6) is 0.671. The molecule has 0 unspecified atom stereocenters. The summed E-state index contributed by atoms with van der Waals surface area (Å²) in [7, 11) is 0. The average Bonchev–Trinajstić information content (AvgIpc) is 2.34. The van der Waals surface area contributed by atoms with Crippen molar-refractivity contribution in [3.63, 3.8) is 0 Å². The normalized spacial score (nSPS) is 27.0. The van der Waals surface area contributed by atoms with Gasteiger partial charge in [0.05, 0.1) is 13.2 Å². The lowest BCUT2D eigenvalue weighted by molar-refractivity contribution is 0.0987. The van der Waals surface area contributed by atoms with Gasteiger partial charge >= 0.3 is 0 Å². The highest BCUT2D eigenvalue weighted by Crippen LogP contribution is 2.11. The number of hydrogen-bond donors (Lipinski definition) is 0. The summed E-state index contributed by atoms with van der Waals surface area (Å²) in [4.78, 5) is 0. The lowest BCUT2D eigenvalue weighted by Crippen LogP contribution is -2.08. The summed E-state index contributed by atoms with van der Waals surface area (Å²) in [6.07, 6.45) is 1.18. The van der Waals surface area contributed by atoms with E-state index in [1.54, 1.807) is 0 Å². The third kappa shape index (κ3) is 2.33. The lowest BCUT2D eigenvalue weighted by Gasteiger charge is -2.05. The Morgan fingerprint density at radius 3 is 3.11 bits per heavy atom. The quantitative estimate of drug-likeness (QED) is 0.568. The Morgan fingerprint density at radius 2 is 2.56 bits per heavy atom. The van der Waals surface area contributed by atoms with Crippen molar-refractivity contribution in [1.82, 2.24) is 0 Å². The molecule has 1 rings (SSSR count). The largest absolute Gasteiger partial charge is 0.381 e. The van der Waals surface area contributed by atoms with Crippen LogP contribution in [0.5, 0.6) is 0 Å². The van der Waals surface area contributed by atoms with Gasteiger partial charge in [-0.25, -0.2) is 0 Å². The molecule has 0 amide bonds. The van der Waals surface area contributed by atoms with Gasteiger partial charge in [-0.15, -0.1) is 0 Å². The van der Waals surface area contributed by atoms with E-state index in [0.29, 0.717) is 5.92 Å². The van der Waals surface area contributed by atoms with Gasteiger partial charge in [0.2, 0.25) is 0 Å². The zero-order valence-corrected chi connectivity index (χ0v) is 5.93. The molecule has 2 nitrogen and oxygen atoms in total. The van der Waals surface area contributed by atoms with Crippen molar-refractivity contribution in [2.24, 2.45) is 5.92 Å². The molecule has 0 radical (unpaired) electrons. The Kier molecular flexibility index (Phi) is 3.01. The predicted molar refractivity (Wildman–Crippen MR) is 35.4 cm³/mol. The zero-order chi connectivity index (χ0) is 6.53. The minimum Gasteiger partial charge on any atom is -0.381 e. The van der Waals surface area contributed by atoms with Crippen LogP contribution in [0.3, 0.4) is 0 Å². The first-order valence-corrected chi connectivity index (χ1v) is 3.59. The smallest absolute Gasteiger partial charge is 0.0517 e. The van der Waals surface area contributed by atoms with E-state index in [1.807, 2.05) is 6.92 Å². The van der Waals surface area contributed by atoms with Crippen LogP contribution >= 0.6 is 0 Å². The second kappa shape index (κ2) is 3.85. The van der Waals surface area contributed by atoms with Gasteiger partial charge < -0.3 is 9.47 Å². The fourth-order valence-corrected chi connectivity index (χ4v) is 0.999. The number of rotatable bonds is 3. The molecule has 0 aromatic rings. The van der Waals surface area contributed by atoms with Crippen molar-refractivity contribution in [1.29, 1.82) is 0 Å². The molecule has 0 N–H and O–H groups in total. The van der Waals surface area contributed by atoms with E-state index in [-0.39, 0.29) is 0 Å². The molecule has 9 heavy (non-hydrogen) atoms. The SMILES string of the molecule is CCOC[C@@H]1CCOC1. The Labute approximate surface area is 56.2 Å². The molecule has 0 aromatic carbocycles. The van der Waals surface area contributed by atoms with Crippen molar-refractivity contribution in [3.05, 3.63) is 0 Å². The molecule has 1 heterocycles. The topological polar surface area (TPSA) is 18.5 Å². The second-order valence-electron chi connectivity index (χ2n) is 2.39. The van der Waals surface area contributed by atoms with Gasteiger partial charge in [0.25, 0.3) is 0 Å². The third-order valence-electron chi connectivity index (χ3n) is 1.58.